The number of likely N-dealkylation sites (N-methyl/N-ethyl adjacent to an activating group) is 1. The molecule has 8 nitrogen and oxygen atoms in total. The second-order valence-electron chi connectivity index (χ2n) is 7.48. The Morgan fingerprint density at radius 2 is 2.06 bits per heavy atom. The Bertz CT molecular complexity index is 1190. The monoisotopic (exact) mass is 468 g/mol. The highest BCUT2D eigenvalue weighted by molar-refractivity contribution is 6.31. The molecule has 0 radical (unpaired) electrons. The number of hydrogen-bond acceptors (Lipinski definition) is 6. The van der Waals surface area contributed by atoms with Crippen molar-refractivity contribution in [2.45, 2.75) is 12.1 Å². The van der Waals surface area contributed by atoms with Crippen LogP contribution in [0.25, 0.3) is 11.0 Å². The number of imidazole rings is 1. The van der Waals surface area contributed by atoms with E-state index in [-0.39, 0.29) is 51.2 Å². The number of methoxy groups -OCH3 is 1. The van der Waals surface area contributed by atoms with E-state index in [2.05, 4.69) is 30.7 Å². The summed E-state index contributed by atoms with van der Waals surface area (Å²) in [5.74, 6) is -2.98. The van der Waals surface area contributed by atoms with Crippen molar-refractivity contribution in [2.75, 3.05) is 37.9 Å². The number of nitrogens with one attached hydrogen (secondary N) is 3. The fourth-order valence-electron chi connectivity index (χ4n) is 3.73. The number of amidine groups is 1. The SMILES string of the molecule is CO[C@@H]1CN(C)C[C@H]1Nc1nc2c(F)c(F)cc(/C(=N/O)Nc3ccc(F)c(Cl)c3)c2[nH]1. The summed E-state index contributed by atoms with van der Waals surface area (Å²) in [5, 5.41) is 18.4. The zero-order valence-electron chi connectivity index (χ0n) is 17.1. The number of aromatic amines is 1. The Morgan fingerprint density at radius 1 is 1.28 bits per heavy atom. The van der Waals surface area contributed by atoms with Gasteiger partial charge in [0.1, 0.15) is 11.3 Å². The maximum Gasteiger partial charge on any atom is 0.201 e. The molecule has 12 heteroatoms. The molecule has 2 aromatic carbocycles. The number of rotatable bonds is 5. The molecule has 1 fully saturated rings. The van der Waals surface area contributed by atoms with Gasteiger partial charge in [0.05, 0.1) is 22.7 Å². The van der Waals surface area contributed by atoms with Gasteiger partial charge in [0.25, 0.3) is 0 Å². The molecule has 3 aromatic rings. The molecular weight excluding hydrogens is 449 g/mol. The van der Waals surface area contributed by atoms with E-state index in [0.29, 0.717) is 13.1 Å². The van der Waals surface area contributed by atoms with Crippen LogP contribution in [-0.2, 0) is 4.74 Å². The van der Waals surface area contributed by atoms with Gasteiger partial charge < -0.3 is 30.5 Å². The van der Waals surface area contributed by atoms with Crippen molar-refractivity contribution in [2.24, 2.45) is 5.16 Å². The molecule has 0 amide bonds. The number of ether oxygens (including phenoxy) is 1. The van der Waals surface area contributed by atoms with Crippen LogP contribution in [0.2, 0.25) is 5.02 Å². The van der Waals surface area contributed by atoms with E-state index in [0.717, 1.165) is 12.1 Å². The van der Waals surface area contributed by atoms with Gasteiger partial charge in [-0.3, -0.25) is 0 Å². The molecule has 0 unspecified atom stereocenters. The van der Waals surface area contributed by atoms with E-state index in [1.807, 2.05) is 7.05 Å². The van der Waals surface area contributed by atoms with E-state index in [1.165, 1.54) is 12.1 Å². The number of oxime groups is 1. The van der Waals surface area contributed by atoms with Crippen molar-refractivity contribution >= 4 is 40.1 Å². The highest BCUT2D eigenvalue weighted by Crippen LogP contribution is 2.27. The van der Waals surface area contributed by atoms with Crippen molar-refractivity contribution in [3.05, 3.63) is 52.3 Å². The fraction of sp³-hybridized carbons (Fsp3) is 0.300. The van der Waals surface area contributed by atoms with Crippen LogP contribution in [0, 0.1) is 17.5 Å². The smallest absolute Gasteiger partial charge is 0.201 e. The van der Waals surface area contributed by atoms with Crippen molar-refractivity contribution < 1.29 is 23.1 Å². The van der Waals surface area contributed by atoms with Crippen LogP contribution in [0.15, 0.2) is 29.4 Å². The first kappa shape index (κ1) is 22.2. The maximum absolute atomic E-state index is 14.5. The summed E-state index contributed by atoms with van der Waals surface area (Å²) < 4.78 is 47.7. The van der Waals surface area contributed by atoms with E-state index < -0.39 is 17.5 Å². The number of nitrogens with zero attached hydrogens (tertiary/aromatic N) is 3. The maximum atomic E-state index is 14.5. The van der Waals surface area contributed by atoms with Crippen molar-refractivity contribution in [1.29, 1.82) is 0 Å². The number of halogens is 4. The predicted molar refractivity (Wildman–Crippen MR) is 115 cm³/mol. The molecule has 170 valence electrons. The third-order valence-electron chi connectivity index (χ3n) is 5.27. The molecule has 4 rings (SSSR count). The molecule has 1 aromatic heterocycles. The predicted octanol–water partition coefficient (Wildman–Crippen LogP) is 3.62. The first-order chi connectivity index (χ1) is 15.3. The quantitative estimate of drug-likeness (QED) is 0.198. The average molecular weight is 469 g/mol. The molecule has 1 aliphatic rings. The van der Waals surface area contributed by atoms with E-state index in [1.54, 1.807) is 7.11 Å². The zero-order chi connectivity index (χ0) is 23.0. The minimum absolute atomic E-state index is 0.00855. The Kier molecular flexibility index (Phi) is 6.13. The topological polar surface area (TPSA) is 97.8 Å². The van der Waals surface area contributed by atoms with Crippen LogP contribution in [0.5, 0.6) is 0 Å². The van der Waals surface area contributed by atoms with Gasteiger partial charge in [0, 0.05) is 31.5 Å². The number of likely N-dealkylation sites (tertiary alicyclic amines) is 1. The highest BCUT2D eigenvalue weighted by atomic mass is 35.5. The minimum atomic E-state index is -1.18. The molecule has 4 N–H and O–H groups in total. The van der Waals surface area contributed by atoms with Crippen LogP contribution in [0.3, 0.4) is 0 Å². The minimum Gasteiger partial charge on any atom is -0.409 e. The van der Waals surface area contributed by atoms with Crippen LogP contribution in [0.4, 0.5) is 24.8 Å². The first-order valence-corrected chi connectivity index (χ1v) is 9.98. The summed E-state index contributed by atoms with van der Waals surface area (Å²) in [5.41, 5.74) is 0.106. The van der Waals surface area contributed by atoms with E-state index in [9.17, 15) is 18.4 Å². The molecule has 0 aliphatic carbocycles. The molecule has 2 heterocycles. The highest BCUT2D eigenvalue weighted by Gasteiger charge is 2.32. The molecule has 32 heavy (non-hydrogen) atoms. The van der Waals surface area contributed by atoms with Gasteiger partial charge in [0.2, 0.25) is 5.95 Å². The molecule has 0 saturated carbocycles. The van der Waals surface area contributed by atoms with Gasteiger partial charge >= 0.3 is 0 Å². The number of anilines is 2. The molecular formula is C20H20ClF3N6O2. The summed E-state index contributed by atoms with van der Waals surface area (Å²) >= 11 is 5.78. The van der Waals surface area contributed by atoms with Crippen LogP contribution >= 0.6 is 11.6 Å². The molecule has 0 spiro atoms. The largest absolute Gasteiger partial charge is 0.409 e. The number of H-pyrrole nitrogens is 1. The average Bonchev–Trinajstić information content (AvgIpc) is 3.35. The van der Waals surface area contributed by atoms with Crippen LogP contribution < -0.4 is 10.6 Å². The van der Waals surface area contributed by atoms with Crippen LogP contribution in [0.1, 0.15) is 5.56 Å². The number of fused-ring (bicyclic) bond motifs is 1. The number of aromatic nitrogens is 2. The zero-order valence-corrected chi connectivity index (χ0v) is 17.8. The lowest BCUT2D eigenvalue weighted by Gasteiger charge is -2.17. The van der Waals surface area contributed by atoms with Gasteiger partial charge in [-0.25, -0.2) is 18.2 Å². The summed E-state index contributed by atoms with van der Waals surface area (Å²) in [6, 6.07) is 4.47. The van der Waals surface area contributed by atoms with E-state index >= 15 is 0 Å². The third kappa shape index (κ3) is 4.18. The molecule has 2 atom stereocenters. The second-order valence-corrected chi connectivity index (χ2v) is 7.88. The van der Waals surface area contributed by atoms with Crippen LogP contribution in [-0.4, -0.2) is 65.3 Å². The lowest BCUT2D eigenvalue weighted by atomic mass is 10.1. The Labute approximate surface area is 186 Å². The van der Waals surface area contributed by atoms with E-state index in [4.69, 9.17) is 16.3 Å². The normalized spacial score (nSPS) is 19.6. The lowest BCUT2D eigenvalue weighted by Crippen LogP contribution is -2.33. The standard InChI is InChI=1S/C20H20ClF3N6O2/c1-30-7-14(15(8-30)32-2)26-20-27-17-10(6-13(23)16(24)18(17)28-20)19(29-31)25-9-3-4-12(22)11(21)5-9/h3-6,14-15,31H,7-8H2,1-2H3,(H,25,29)(H2,26,27,28)/t14-,15-/m1/s1. The van der Waals surface area contributed by atoms with Gasteiger partial charge in [-0.1, -0.05) is 16.8 Å². The van der Waals surface area contributed by atoms with Gasteiger partial charge in [-0.15, -0.1) is 0 Å². The van der Waals surface area contributed by atoms with Crippen molar-refractivity contribution in [3.8, 4) is 0 Å². The second kappa shape index (κ2) is 8.85. The third-order valence-corrected chi connectivity index (χ3v) is 5.56. The summed E-state index contributed by atoms with van der Waals surface area (Å²) in [6.45, 7) is 1.36. The Hall–Kier alpha value is -3.02. The number of hydrogen-bond donors (Lipinski definition) is 4. The lowest BCUT2D eigenvalue weighted by molar-refractivity contribution is 0.104. The molecule has 0 bridgehead atoms. The fourth-order valence-corrected chi connectivity index (χ4v) is 3.91. The first-order valence-electron chi connectivity index (χ1n) is 9.60. The van der Waals surface area contributed by atoms with Crippen molar-refractivity contribution in [3.63, 3.8) is 0 Å². The van der Waals surface area contributed by atoms with Gasteiger partial charge in [-0.05, 0) is 31.3 Å². The molecule has 1 aliphatic heterocycles. The van der Waals surface area contributed by atoms with Gasteiger partial charge in [-0.2, -0.15) is 0 Å². The van der Waals surface area contributed by atoms with Gasteiger partial charge in [0.15, 0.2) is 17.5 Å². The molecule has 1 saturated heterocycles. The number of benzene rings is 2. The summed E-state index contributed by atoms with van der Waals surface area (Å²) in [4.78, 5) is 9.13. The van der Waals surface area contributed by atoms with Crippen molar-refractivity contribution in [1.82, 2.24) is 14.9 Å². The summed E-state index contributed by atoms with van der Waals surface area (Å²) in [6.07, 6.45) is -0.117. The Balaban J connectivity index is 1.70. The summed E-state index contributed by atoms with van der Waals surface area (Å²) in [7, 11) is 3.54. The Morgan fingerprint density at radius 3 is 2.75 bits per heavy atom.